The summed E-state index contributed by atoms with van der Waals surface area (Å²) >= 11 is 0. The molecule has 0 saturated carbocycles. The van der Waals surface area contributed by atoms with Crippen molar-refractivity contribution in [3.05, 3.63) is 199 Å². The largest absolute Gasteiger partial charge is 0.309 e. The standard InChI is InChI=1S/C51H33N5/c1-4-14-34(15-5-1)36-24-26-39(27-25-36)50-52-49(38-18-8-3-9-19-38)53-51(54-50)56-46-23-13-11-21-42(46)44-32-43-41-20-10-12-22-45(41)55(47(43)33-48(44)56)40-30-28-37(29-31-40)35-16-6-2-7-17-35/h1-33H/i1D,2D,3D,4D,5D,6D,7D,8D,9D,10D,11D,12D,13D,14D,15D,16D,17D,18D,19D,20D,21D,22D,23D,24D,25D,26D,27D,28D,29D,30D,31D,32D,33D. The van der Waals surface area contributed by atoms with E-state index in [0.29, 0.717) is 9.13 Å². The summed E-state index contributed by atoms with van der Waals surface area (Å²) < 4.78 is 296. The van der Waals surface area contributed by atoms with E-state index in [0.717, 1.165) is 0 Å². The lowest BCUT2D eigenvalue weighted by Gasteiger charge is -2.12. The molecule has 5 nitrogen and oxygen atoms in total. The summed E-state index contributed by atoms with van der Waals surface area (Å²) in [5.41, 5.74) is -8.86. The zero-order chi connectivity index (χ0) is 65.7. The molecule has 262 valence electrons. The molecule has 0 radical (unpaired) electrons. The second kappa shape index (κ2) is 13.0. The highest BCUT2D eigenvalue weighted by atomic mass is 15.2. The average molecular weight is 749 g/mol. The van der Waals surface area contributed by atoms with Crippen molar-refractivity contribution in [2.45, 2.75) is 0 Å². The molecule has 0 saturated heterocycles. The molecule has 8 aromatic carbocycles. The predicted octanol–water partition coefficient (Wildman–Crippen LogP) is 12.7. The molecule has 3 aromatic heterocycles. The van der Waals surface area contributed by atoms with Crippen molar-refractivity contribution in [3.8, 4) is 56.7 Å². The molecular weight excluding hydrogens is 683 g/mol. The molecule has 0 N–H and O–H groups in total. The molecule has 0 atom stereocenters. The fourth-order valence-corrected chi connectivity index (χ4v) is 6.03. The normalized spacial score (nSPS) is 19.8. The van der Waals surface area contributed by atoms with Gasteiger partial charge in [0, 0.05) is 38.4 Å². The van der Waals surface area contributed by atoms with Gasteiger partial charge in [0.15, 0.2) is 11.6 Å². The van der Waals surface area contributed by atoms with Crippen LogP contribution in [-0.2, 0) is 0 Å². The number of hydrogen-bond acceptors (Lipinski definition) is 3. The van der Waals surface area contributed by atoms with Crippen LogP contribution in [0.4, 0.5) is 0 Å². The van der Waals surface area contributed by atoms with Crippen LogP contribution in [0.3, 0.4) is 0 Å². The van der Waals surface area contributed by atoms with Gasteiger partial charge in [-0.2, -0.15) is 9.97 Å². The number of hydrogen-bond donors (Lipinski definition) is 0. The first-order valence-corrected chi connectivity index (χ1v) is 16.2. The Morgan fingerprint density at radius 1 is 0.304 bits per heavy atom. The maximum Gasteiger partial charge on any atom is 0.238 e. The third kappa shape index (κ3) is 5.29. The van der Waals surface area contributed by atoms with Crippen molar-refractivity contribution in [3.63, 3.8) is 0 Å². The second-order valence-electron chi connectivity index (χ2n) is 11.6. The minimum Gasteiger partial charge on any atom is -0.309 e. The van der Waals surface area contributed by atoms with Crippen LogP contribution in [0.2, 0.25) is 0 Å². The molecule has 11 rings (SSSR count). The smallest absolute Gasteiger partial charge is 0.238 e. The summed E-state index contributed by atoms with van der Waals surface area (Å²) in [6, 6.07) is -32.3. The number of nitrogens with zero attached hydrogens (tertiary/aromatic N) is 5. The number of fused-ring (bicyclic) bond motifs is 6. The SMILES string of the molecule is [2H]c1c([2H])c([2H])c(-c2nc(-c3c([2H])c([2H])c(-c4c([2H])c([2H])c([2H])c([2H])c4[2H])c([2H])c3[2H])nc(-n3c4c([2H])c([2H])c([2H])c([2H])c4c4c([2H])c5c6c([2H])c([2H])c([2H])c([2H])c6n(-c6c([2H])c([2H])c(-c7c([2H])c([2H])c([2H])c([2H])c7[2H])c([2H])c6[2H])c5c([2H])c43)n2)c([2H])c1[2H]. The van der Waals surface area contributed by atoms with E-state index in [1.165, 1.54) is 0 Å². The number of rotatable bonds is 6. The van der Waals surface area contributed by atoms with E-state index in [4.69, 9.17) is 26.0 Å². The Morgan fingerprint density at radius 2 is 0.696 bits per heavy atom. The highest BCUT2D eigenvalue weighted by Gasteiger charge is 2.21. The Balaban J connectivity index is 1.38. The van der Waals surface area contributed by atoms with Gasteiger partial charge < -0.3 is 4.57 Å². The molecule has 0 fully saturated rings. The molecule has 0 spiro atoms. The van der Waals surface area contributed by atoms with Gasteiger partial charge in [-0.15, -0.1) is 0 Å². The minimum absolute atomic E-state index is 0.624. The van der Waals surface area contributed by atoms with E-state index in [2.05, 4.69) is 15.0 Å². The van der Waals surface area contributed by atoms with Gasteiger partial charge in [-0.3, -0.25) is 4.57 Å². The predicted molar refractivity (Wildman–Crippen MR) is 230 cm³/mol. The number of benzene rings is 8. The van der Waals surface area contributed by atoms with Crippen LogP contribution in [-0.4, -0.2) is 24.1 Å². The van der Waals surface area contributed by atoms with Gasteiger partial charge >= 0.3 is 0 Å². The van der Waals surface area contributed by atoms with Crippen molar-refractivity contribution >= 4 is 43.6 Å². The van der Waals surface area contributed by atoms with Crippen molar-refractivity contribution in [1.29, 1.82) is 0 Å². The molecule has 0 amide bonds. The van der Waals surface area contributed by atoms with Gasteiger partial charge in [0.05, 0.1) is 67.3 Å². The quantitative estimate of drug-likeness (QED) is 0.170. The lowest BCUT2D eigenvalue weighted by atomic mass is 10.0. The Labute approximate surface area is 369 Å². The van der Waals surface area contributed by atoms with E-state index in [-0.39, 0.29) is 0 Å². The van der Waals surface area contributed by atoms with Gasteiger partial charge in [0.1, 0.15) is 0 Å². The molecule has 0 unspecified atom stereocenters. The lowest BCUT2D eigenvalue weighted by molar-refractivity contribution is 0.953. The molecule has 0 aliphatic carbocycles. The van der Waals surface area contributed by atoms with E-state index >= 15 is 0 Å². The third-order valence-electron chi connectivity index (χ3n) is 8.42. The van der Waals surface area contributed by atoms with Crippen molar-refractivity contribution < 1.29 is 45.2 Å². The molecule has 0 bridgehead atoms. The first-order valence-electron chi connectivity index (χ1n) is 32.7. The highest BCUT2D eigenvalue weighted by Crippen LogP contribution is 2.40. The van der Waals surface area contributed by atoms with Crippen LogP contribution in [0.25, 0.3) is 100 Å². The molecular formula is C51H33N5. The molecule has 3 heterocycles. The average Bonchev–Trinajstić information content (AvgIpc) is 1.54. The third-order valence-corrected chi connectivity index (χ3v) is 8.42. The molecule has 11 aromatic rings. The minimum atomic E-state index is -1.12. The van der Waals surface area contributed by atoms with Gasteiger partial charge in [-0.25, -0.2) is 4.98 Å². The molecule has 56 heavy (non-hydrogen) atoms. The summed E-state index contributed by atoms with van der Waals surface area (Å²) in [5.74, 6) is -2.96. The molecule has 5 heteroatoms. The highest BCUT2D eigenvalue weighted by molar-refractivity contribution is 6.19. The Hall–Kier alpha value is -7.63. The van der Waals surface area contributed by atoms with Crippen LogP contribution in [0, 0.1) is 0 Å². The van der Waals surface area contributed by atoms with Crippen LogP contribution in [0.15, 0.2) is 199 Å². The van der Waals surface area contributed by atoms with Crippen molar-refractivity contribution in [1.82, 2.24) is 24.1 Å². The summed E-state index contributed by atoms with van der Waals surface area (Å²) in [5, 5.41) is -2.55. The van der Waals surface area contributed by atoms with Crippen LogP contribution < -0.4 is 0 Å². The van der Waals surface area contributed by atoms with Crippen LogP contribution in [0.5, 0.6) is 0 Å². The fraction of sp³-hybridized carbons (Fsp3) is 0. The second-order valence-corrected chi connectivity index (χ2v) is 11.6. The summed E-state index contributed by atoms with van der Waals surface area (Å²) in [6.07, 6.45) is 0. The number of para-hydroxylation sites is 2. The maximum absolute atomic E-state index is 10.3. The van der Waals surface area contributed by atoms with E-state index in [1.807, 2.05) is 0 Å². The van der Waals surface area contributed by atoms with Crippen molar-refractivity contribution in [2.24, 2.45) is 0 Å². The van der Waals surface area contributed by atoms with E-state index in [1.54, 1.807) is 0 Å². The fourth-order valence-electron chi connectivity index (χ4n) is 6.03. The summed E-state index contributed by atoms with van der Waals surface area (Å²) in [6.45, 7) is 0. The van der Waals surface area contributed by atoms with Gasteiger partial charge in [-0.05, 0) is 58.5 Å². The van der Waals surface area contributed by atoms with Gasteiger partial charge in [0.2, 0.25) is 5.95 Å². The molecule has 0 aliphatic heterocycles. The topological polar surface area (TPSA) is 48.5 Å². The van der Waals surface area contributed by atoms with E-state index < -0.39 is 300 Å². The lowest BCUT2D eigenvalue weighted by Crippen LogP contribution is -2.06. The maximum atomic E-state index is 10.3. The van der Waals surface area contributed by atoms with Gasteiger partial charge in [-0.1, -0.05) is 163 Å². The zero-order valence-electron chi connectivity index (χ0n) is 60.7. The Morgan fingerprint density at radius 3 is 1.25 bits per heavy atom. The monoisotopic (exact) mass is 748 g/mol. The van der Waals surface area contributed by atoms with Crippen molar-refractivity contribution in [2.75, 3.05) is 0 Å². The van der Waals surface area contributed by atoms with Crippen LogP contribution in [0.1, 0.15) is 45.2 Å². The Bertz CT molecular complexity index is 5040. The first kappa shape index (κ1) is 13.0. The first-order chi connectivity index (χ1) is 41.5. The Kier molecular flexibility index (Phi) is 3.03. The zero-order valence-corrected chi connectivity index (χ0v) is 27.7. The van der Waals surface area contributed by atoms with Crippen LogP contribution >= 0.6 is 0 Å². The number of aromatic nitrogens is 5. The summed E-state index contributed by atoms with van der Waals surface area (Å²) in [4.78, 5) is 13.2. The molecule has 0 aliphatic rings. The van der Waals surface area contributed by atoms with Gasteiger partial charge in [0.25, 0.3) is 0 Å². The summed E-state index contributed by atoms with van der Waals surface area (Å²) in [7, 11) is 0. The van der Waals surface area contributed by atoms with E-state index in [9.17, 15) is 19.2 Å².